The van der Waals surface area contributed by atoms with Crippen molar-refractivity contribution < 1.29 is 32.6 Å². The predicted octanol–water partition coefficient (Wildman–Crippen LogP) is 0.997. The van der Waals surface area contributed by atoms with Gasteiger partial charge in [-0.05, 0) is 42.7 Å². The Bertz CT molecular complexity index is 1170. The van der Waals surface area contributed by atoms with Crippen molar-refractivity contribution in [3.63, 3.8) is 0 Å². The molecule has 3 amide bonds. The second-order valence-electron chi connectivity index (χ2n) is 8.05. The number of rotatable bonds is 7. The normalized spacial score (nSPS) is 18.3. The molecule has 0 aliphatic carbocycles. The Morgan fingerprint density at radius 2 is 1.79 bits per heavy atom. The van der Waals surface area contributed by atoms with Gasteiger partial charge in [0.25, 0.3) is 5.91 Å². The van der Waals surface area contributed by atoms with Crippen molar-refractivity contribution in [2.45, 2.75) is 43.9 Å². The number of nitrogens with zero attached hydrogens (tertiary/aromatic N) is 1. The van der Waals surface area contributed by atoms with Gasteiger partial charge in [0.2, 0.25) is 10.0 Å². The Labute approximate surface area is 198 Å². The predicted molar refractivity (Wildman–Crippen MR) is 122 cm³/mol. The molecular weight excluding hydrogens is 462 g/mol. The highest BCUT2D eigenvalue weighted by Crippen LogP contribution is 2.28. The molecule has 2 atom stereocenters. The van der Waals surface area contributed by atoms with Crippen molar-refractivity contribution in [2.24, 2.45) is 0 Å². The van der Waals surface area contributed by atoms with Gasteiger partial charge < -0.3 is 15.2 Å². The first-order chi connectivity index (χ1) is 16.1. The number of aryl methyl sites for hydroxylation is 2. The minimum atomic E-state index is -4.09. The summed E-state index contributed by atoms with van der Waals surface area (Å²) < 4.78 is 32.1. The summed E-state index contributed by atoms with van der Waals surface area (Å²) in [6.07, 6.45) is -1.22. The molecule has 1 aliphatic rings. The van der Waals surface area contributed by atoms with Crippen LogP contribution in [-0.4, -0.2) is 61.0 Å². The van der Waals surface area contributed by atoms with Crippen molar-refractivity contribution in [3.05, 3.63) is 65.2 Å². The van der Waals surface area contributed by atoms with Crippen molar-refractivity contribution in [2.75, 3.05) is 13.2 Å². The molecule has 0 bridgehead atoms. The van der Waals surface area contributed by atoms with Gasteiger partial charge in [-0.15, -0.1) is 0 Å². The smallest absolute Gasteiger partial charge is 0.325 e. The molecule has 1 saturated heterocycles. The maximum Gasteiger partial charge on any atom is 0.325 e. The Morgan fingerprint density at radius 3 is 2.47 bits per heavy atom. The van der Waals surface area contributed by atoms with Crippen LogP contribution >= 0.6 is 0 Å². The van der Waals surface area contributed by atoms with Crippen molar-refractivity contribution >= 4 is 27.9 Å². The van der Waals surface area contributed by atoms with Gasteiger partial charge in [-0.1, -0.05) is 36.4 Å². The fourth-order valence-corrected chi connectivity index (χ4v) is 5.20. The van der Waals surface area contributed by atoms with E-state index in [9.17, 15) is 27.9 Å². The Balaban J connectivity index is 1.57. The van der Waals surface area contributed by atoms with Crippen LogP contribution in [0.1, 0.15) is 23.1 Å². The summed E-state index contributed by atoms with van der Waals surface area (Å²) in [5, 5.41) is 14.6. The highest BCUT2D eigenvalue weighted by atomic mass is 32.2. The van der Waals surface area contributed by atoms with Crippen LogP contribution in [0.3, 0.4) is 0 Å². The van der Waals surface area contributed by atoms with E-state index in [2.05, 4.69) is 5.32 Å². The van der Waals surface area contributed by atoms with Gasteiger partial charge in [-0.3, -0.25) is 14.9 Å². The third kappa shape index (κ3) is 6.19. The van der Waals surface area contributed by atoms with E-state index in [0.29, 0.717) is 0 Å². The Hall–Kier alpha value is -3.28. The molecule has 0 aromatic heterocycles. The van der Waals surface area contributed by atoms with E-state index in [1.165, 1.54) is 12.1 Å². The van der Waals surface area contributed by atoms with Crippen LogP contribution in [-0.2, 0) is 30.9 Å². The number of hydrogen-bond acceptors (Lipinski definition) is 7. The molecule has 1 aliphatic heterocycles. The number of imide groups is 1. The van der Waals surface area contributed by atoms with E-state index in [4.69, 9.17) is 4.74 Å². The molecule has 1 unspecified atom stereocenters. The molecule has 182 valence electrons. The molecule has 34 heavy (non-hydrogen) atoms. The average molecular weight is 490 g/mol. The lowest BCUT2D eigenvalue weighted by Gasteiger charge is -2.22. The highest BCUT2D eigenvalue weighted by molar-refractivity contribution is 7.89. The van der Waals surface area contributed by atoms with Gasteiger partial charge in [-0.25, -0.2) is 13.2 Å². The summed E-state index contributed by atoms with van der Waals surface area (Å²) in [6.45, 7) is 2.77. The SMILES string of the molecule is Cc1ccc(S(=O)(=O)N2CC(O)C[C@H]2C(=O)OCC(=O)NC(=O)NCc2ccccc2)cc1C. The van der Waals surface area contributed by atoms with E-state index in [0.717, 1.165) is 21.0 Å². The van der Waals surface area contributed by atoms with Gasteiger partial charge >= 0.3 is 12.0 Å². The third-order valence-electron chi connectivity index (χ3n) is 5.49. The number of hydrogen-bond donors (Lipinski definition) is 3. The third-order valence-corrected chi connectivity index (χ3v) is 7.36. The fraction of sp³-hybridized carbons (Fsp3) is 0.348. The maximum absolute atomic E-state index is 13.1. The van der Waals surface area contributed by atoms with Crippen LogP contribution in [0, 0.1) is 13.8 Å². The molecule has 10 nitrogen and oxygen atoms in total. The number of aliphatic hydroxyl groups is 1. The second-order valence-corrected chi connectivity index (χ2v) is 9.94. The fourth-order valence-electron chi connectivity index (χ4n) is 3.49. The molecule has 2 aromatic rings. The standard InChI is InChI=1S/C23H27N3O7S/c1-15-8-9-19(10-16(15)2)34(31,32)26-13-18(27)11-20(26)22(29)33-14-21(28)25-23(30)24-12-17-6-4-3-5-7-17/h3-10,18,20,27H,11-14H2,1-2H3,(H2,24,25,28,30)/t18?,20-/m0/s1. The summed E-state index contributed by atoms with van der Waals surface area (Å²) in [7, 11) is -4.09. The number of urea groups is 1. The van der Waals surface area contributed by atoms with Gasteiger partial charge in [0, 0.05) is 19.5 Å². The van der Waals surface area contributed by atoms with Gasteiger partial charge in [0.15, 0.2) is 6.61 Å². The molecule has 0 saturated carbocycles. The van der Waals surface area contributed by atoms with Crippen LogP contribution in [0.5, 0.6) is 0 Å². The van der Waals surface area contributed by atoms with Crippen LogP contribution in [0.4, 0.5) is 4.79 Å². The monoisotopic (exact) mass is 489 g/mol. The largest absolute Gasteiger partial charge is 0.454 e. The molecule has 11 heteroatoms. The minimum absolute atomic E-state index is 0.00432. The first-order valence-electron chi connectivity index (χ1n) is 10.6. The van der Waals surface area contributed by atoms with E-state index in [-0.39, 0.29) is 24.4 Å². The molecule has 1 fully saturated rings. The average Bonchev–Trinajstić information content (AvgIpc) is 3.21. The number of ether oxygens (including phenoxy) is 1. The summed E-state index contributed by atoms with van der Waals surface area (Å²) in [4.78, 5) is 36.4. The zero-order valence-electron chi connectivity index (χ0n) is 18.9. The minimum Gasteiger partial charge on any atom is -0.454 e. The highest BCUT2D eigenvalue weighted by Gasteiger charge is 2.44. The second kappa shape index (κ2) is 10.8. The molecule has 2 aromatic carbocycles. The zero-order chi connectivity index (χ0) is 24.9. The maximum atomic E-state index is 13.1. The van der Waals surface area contributed by atoms with Crippen molar-refractivity contribution in [3.8, 4) is 0 Å². The van der Waals surface area contributed by atoms with Crippen molar-refractivity contribution in [1.82, 2.24) is 14.9 Å². The van der Waals surface area contributed by atoms with E-state index >= 15 is 0 Å². The molecular formula is C23H27N3O7S. The summed E-state index contributed by atoms with van der Waals surface area (Å²) in [5.74, 6) is -1.86. The van der Waals surface area contributed by atoms with Crippen LogP contribution in [0.15, 0.2) is 53.4 Å². The van der Waals surface area contributed by atoms with E-state index in [1.807, 2.05) is 30.4 Å². The first-order valence-corrected chi connectivity index (χ1v) is 12.1. The number of carbonyl (C=O) groups excluding carboxylic acids is 3. The summed E-state index contributed by atoms with van der Waals surface area (Å²) >= 11 is 0. The van der Waals surface area contributed by atoms with Crippen LogP contribution < -0.4 is 10.6 Å². The molecule has 3 N–H and O–H groups in total. The summed E-state index contributed by atoms with van der Waals surface area (Å²) in [6, 6.07) is 11.6. The van der Waals surface area contributed by atoms with E-state index < -0.39 is 46.7 Å². The number of benzene rings is 2. The number of β-amino-alcohol motifs (C(OH)–C–C–N with tert-alkyl or cyclic N) is 1. The van der Waals surface area contributed by atoms with E-state index in [1.54, 1.807) is 25.1 Å². The lowest BCUT2D eigenvalue weighted by Crippen LogP contribution is -2.44. The lowest BCUT2D eigenvalue weighted by molar-refractivity contribution is -0.151. The van der Waals surface area contributed by atoms with Gasteiger partial charge in [0.05, 0.1) is 11.0 Å². The topological polar surface area (TPSA) is 142 Å². The molecule has 1 heterocycles. The number of nitrogens with one attached hydrogen (secondary N) is 2. The molecule has 0 radical (unpaired) electrons. The lowest BCUT2D eigenvalue weighted by atomic mass is 10.1. The number of esters is 1. The first kappa shape index (κ1) is 25.3. The Kier molecular flexibility index (Phi) is 8.02. The van der Waals surface area contributed by atoms with Gasteiger partial charge in [-0.2, -0.15) is 4.31 Å². The number of sulfonamides is 1. The van der Waals surface area contributed by atoms with Crippen LogP contribution in [0.2, 0.25) is 0 Å². The Morgan fingerprint density at radius 1 is 1.09 bits per heavy atom. The summed E-state index contributed by atoms with van der Waals surface area (Å²) in [5.41, 5.74) is 2.51. The van der Waals surface area contributed by atoms with Gasteiger partial charge in [0.1, 0.15) is 6.04 Å². The molecule has 3 rings (SSSR count). The zero-order valence-corrected chi connectivity index (χ0v) is 19.7. The number of aliphatic hydroxyl groups excluding tert-OH is 1. The van der Waals surface area contributed by atoms with Crippen LogP contribution in [0.25, 0.3) is 0 Å². The quantitative estimate of drug-likeness (QED) is 0.493. The number of carbonyl (C=O) groups is 3. The number of amides is 3. The van der Waals surface area contributed by atoms with Crippen molar-refractivity contribution in [1.29, 1.82) is 0 Å². The molecule has 0 spiro atoms.